The molecular weight excluding hydrogens is 338 g/mol. The fraction of sp³-hybridized carbons (Fsp3) is 0.571. The third kappa shape index (κ3) is 4.31. The highest BCUT2D eigenvalue weighted by molar-refractivity contribution is 5.91. The van der Waals surface area contributed by atoms with Crippen molar-refractivity contribution >= 4 is 11.7 Å². The Morgan fingerprint density at radius 2 is 1.81 bits per heavy atom. The molecular formula is C21H29N5O. The first-order valence-corrected chi connectivity index (χ1v) is 10.4. The molecule has 1 aromatic carbocycles. The van der Waals surface area contributed by atoms with E-state index in [0.29, 0.717) is 6.54 Å². The fourth-order valence-corrected chi connectivity index (χ4v) is 4.19. The fourth-order valence-electron chi connectivity index (χ4n) is 4.19. The van der Waals surface area contributed by atoms with Gasteiger partial charge in [-0.1, -0.05) is 43.9 Å². The molecule has 0 atom stereocenters. The summed E-state index contributed by atoms with van der Waals surface area (Å²) in [6.45, 7) is 1.40. The maximum atomic E-state index is 13.1. The number of anilines is 1. The van der Waals surface area contributed by atoms with E-state index in [0.717, 1.165) is 49.6 Å². The van der Waals surface area contributed by atoms with Crippen LogP contribution in [0.2, 0.25) is 0 Å². The predicted octanol–water partition coefficient (Wildman–Crippen LogP) is 4.05. The molecule has 2 amide bonds. The second-order valence-electron chi connectivity index (χ2n) is 7.70. The van der Waals surface area contributed by atoms with Gasteiger partial charge in [0.2, 0.25) is 0 Å². The number of hydrogen-bond donors (Lipinski definition) is 1. The van der Waals surface area contributed by atoms with Gasteiger partial charge in [0.05, 0.1) is 6.54 Å². The number of benzene rings is 1. The van der Waals surface area contributed by atoms with Gasteiger partial charge in [-0.15, -0.1) is 10.2 Å². The van der Waals surface area contributed by atoms with Crippen LogP contribution in [0, 0.1) is 0 Å². The number of para-hydroxylation sites is 1. The number of aromatic nitrogens is 3. The van der Waals surface area contributed by atoms with Crippen molar-refractivity contribution in [1.29, 1.82) is 0 Å². The molecule has 0 unspecified atom stereocenters. The average Bonchev–Trinajstić information content (AvgIpc) is 2.93. The number of fused-ring (bicyclic) bond motifs is 1. The van der Waals surface area contributed by atoms with Gasteiger partial charge >= 0.3 is 6.03 Å². The SMILES string of the molecule is O=C(NC1CCCCC1)N(Cc1nnc2n1CCCCC2)c1ccccc1. The summed E-state index contributed by atoms with van der Waals surface area (Å²) in [6.07, 6.45) is 10.4. The smallest absolute Gasteiger partial charge is 0.322 e. The molecule has 2 aliphatic rings. The minimum Gasteiger partial charge on any atom is -0.335 e. The highest BCUT2D eigenvalue weighted by atomic mass is 16.2. The van der Waals surface area contributed by atoms with Crippen LogP contribution in [0.4, 0.5) is 10.5 Å². The zero-order valence-electron chi connectivity index (χ0n) is 15.9. The molecule has 1 N–H and O–H groups in total. The van der Waals surface area contributed by atoms with E-state index in [4.69, 9.17) is 0 Å². The molecule has 0 spiro atoms. The van der Waals surface area contributed by atoms with Gasteiger partial charge in [-0.25, -0.2) is 4.79 Å². The van der Waals surface area contributed by atoms with Crippen LogP contribution in [0.5, 0.6) is 0 Å². The van der Waals surface area contributed by atoms with Crippen LogP contribution in [0.1, 0.15) is 63.0 Å². The van der Waals surface area contributed by atoms with E-state index < -0.39 is 0 Å². The summed E-state index contributed by atoms with van der Waals surface area (Å²) in [4.78, 5) is 14.9. The zero-order chi connectivity index (χ0) is 18.5. The van der Waals surface area contributed by atoms with E-state index in [-0.39, 0.29) is 12.1 Å². The number of nitrogens with one attached hydrogen (secondary N) is 1. The van der Waals surface area contributed by atoms with E-state index in [1.807, 2.05) is 35.2 Å². The highest BCUT2D eigenvalue weighted by Gasteiger charge is 2.24. The third-order valence-corrected chi connectivity index (χ3v) is 5.73. The number of carbonyl (C=O) groups excluding carboxylic acids is 1. The molecule has 2 aromatic rings. The van der Waals surface area contributed by atoms with Crippen molar-refractivity contribution in [3.05, 3.63) is 42.0 Å². The van der Waals surface area contributed by atoms with E-state index >= 15 is 0 Å². The Hall–Kier alpha value is -2.37. The average molecular weight is 367 g/mol. The number of nitrogens with zero attached hydrogens (tertiary/aromatic N) is 4. The molecule has 1 fully saturated rings. The molecule has 1 aromatic heterocycles. The maximum absolute atomic E-state index is 13.1. The van der Waals surface area contributed by atoms with Crippen LogP contribution in [-0.4, -0.2) is 26.8 Å². The lowest BCUT2D eigenvalue weighted by atomic mass is 9.96. The zero-order valence-corrected chi connectivity index (χ0v) is 15.9. The summed E-state index contributed by atoms with van der Waals surface area (Å²) in [7, 11) is 0. The first kappa shape index (κ1) is 18.0. The van der Waals surface area contributed by atoms with Gasteiger partial charge in [-0.3, -0.25) is 4.90 Å². The van der Waals surface area contributed by atoms with Crippen molar-refractivity contribution in [3.63, 3.8) is 0 Å². The minimum atomic E-state index is -0.0286. The molecule has 0 saturated heterocycles. The van der Waals surface area contributed by atoms with Crippen molar-refractivity contribution < 1.29 is 4.79 Å². The topological polar surface area (TPSA) is 63.1 Å². The summed E-state index contributed by atoms with van der Waals surface area (Å²) in [5, 5.41) is 12.1. The van der Waals surface area contributed by atoms with E-state index in [2.05, 4.69) is 20.1 Å². The van der Waals surface area contributed by atoms with Crippen molar-refractivity contribution in [2.24, 2.45) is 0 Å². The van der Waals surface area contributed by atoms with E-state index in [1.54, 1.807) is 0 Å². The van der Waals surface area contributed by atoms with Crippen molar-refractivity contribution in [1.82, 2.24) is 20.1 Å². The predicted molar refractivity (Wildman–Crippen MR) is 106 cm³/mol. The number of aryl methyl sites for hydroxylation is 1. The molecule has 4 rings (SSSR count). The second kappa shape index (κ2) is 8.55. The summed E-state index contributed by atoms with van der Waals surface area (Å²) >= 11 is 0. The molecule has 2 heterocycles. The van der Waals surface area contributed by atoms with Gasteiger partial charge < -0.3 is 9.88 Å². The molecule has 27 heavy (non-hydrogen) atoms. The molecule has 1 saturated carbocycles. The van der Waals surface area contributed by atoms with E-state index in [9.17, 15) is 4.79 Å². The second-order valence-corrected chi connectivity index (χ2v) is 7.70. The van der Waals surface area contributed by atoms with Gasteiger partial charge in [-0.05, 0) is 37.8 Å². The van der Waals surface area contributed by atoms with Gasteiger partial charge in [0, 0.05) is 24.7 Å². The first-order valence-electron chi connectivity index (χ1n) is 10.4. The van der Waals surface area contributed by atoms with Crippen LogP contribution in [0.3, 0.4) is 0 Å². The largest absolute Gasteiger partial charge is 0.335 e. The lowest BCUT2D eigenvalue weighted by Gasteiger charge is -2.28. The third-order valence-electron chi connectivity index (χ3n) is 5.73. The van der Waals surface area contributed by atoms with Gasteiger partial charge in [0.15, 0.2) is 5.82 Å². The molecule has 0 radical (unpaired) electrons. The minimum absolute atomic E-state index is 0.0286. The summed E-state index contributed by atoms with van der Waals surface area (Å²) in [5.41, 5.74) is 0.900. The molecule has 1 aliphatic heterocycles. The van der Waals surface area contributed by atoms with Crippen LogP contribution in [0.15, 0.2) is 30.3 Å². The van der Waals surface area contributed by atoms with Crippen molar-refractivity contribution in [2.75, 3.05) is 4.90 Å². The molecule has 6 heteroatoms. The number of amides is 2. The Bertz CT molecular complexity index is 751. The number of rotatable bonds is 4. The van der Waals surface area contributed by atoms with Gasteiger partial charge in [0.25, 0.3) is 0 Å². The van der Waals surface area contributed by atoms with Crippen LogP contribution in [0.25, 0.3) is 0 Å². The quantitative estimate of drug-likeness (QED) is 0.886. The number of hydrogen-bond acceptors (Lipinski definition) is 3. The Kier molecular flexibility index (Phi) is 5.70. The maximum Gasteiger partial charge on any atom is 0.322 e. The normalized spacial score (nSPS) is 17.8. The summed E-state index contributed by atoms with van der Waals surface area (Å²) in [5.74, 6) is 1.94. The summed E-state index contributed by atoms with van der Waals surface area (Å²) < 4.78 is 2.22. The first-order chi connectivity index (χ1) is 13.3. The molecule has 1 aliphatic carbocycles. The van der Waals surface area contributed by atoms with Crippen LogP contribution >= 0.6 is 0 Å². The molecule has 6 nitrogen and oxygen atoms in total. The van der Waals surface area contributed by atoms with Gasteiger partial charge in [-0.2, -0.15) is 0 Å². The molecule has 144 valence electrons. The van der Waals surface area contributed by atoms with Crippen LogP contribution in [-0.2, 0) is 19.5 Å². The van der Waals surface area contributed by atoms with Crippen molar-refractivity contribution in [2.45, 2.75) is 76.9 Å². The monoisotopic (exact) mass is 367 g/mol. The number of urea groups is 1. The lowest BCUT2D eigenvalue weighted by Crippen LogP contribution is -2.45. The van der Waals surface area contributed by atoms with Crippen molar-refractivity contribution in [3.8, 4) is 0 Å². The Labute approximate surface area is 161 Å². The summed E-state index contributed by atoms with van der Waals surface area (Å²) in [6, 6.07) is 10.2. The lowest BCUT2D eigenvalue weighted by molar-refractivity contribution is 0.237. The Morgan fingerprint density at radius 3 is 2.63 bits per heavy atom. The Balaban J connectivity index is 1.55. The van der Waals surface area contributed by atoms with Gasteiger partial charge in [0.1, 0.15) is 5.82 Å². The number of carbonyl (C=O) groups is 1. The standard InChI is InChI=1S/C21H29N5O/c27-21(22-17-10-4-1-5-11-17)26(18-12-6-2-7-13-18)16-20-24-23-19-14-8-3-9-15-25(19)20/h2,6-7,12-13,17H,1,3-5,8-11,14-16H2,(H,22,27). The Morgan fingerprint density at radius 1 is 1.04 bits per heavy atom. The van der Waals surface area contributed by atoms with E-state index in [1.165, 1.54) is 32.1 Å². The van der Waals surface area contributed by atoms with Crippen LogP contribution < -0.4 is 10.2 Å². The molecule has 0 bridgehead atoms. The highest BCUT2D eigenvalue weighted by Crippen LogP contribution is 2.22.